The maximum absolute atomic E-state index is 11.5. The minimum Gasteiger partial charge on any atom is -0.355 e. The Morgan fingerprint density at radius 3 is 2.65 bits per heavy atom. The quantitative estimate of drug-likeness (QED) is 0.758. The Labute approximate surface area is 103 Å². The van der Waals surface area contributed by atoms with Gasteiger partial charge in [0.2, 0.25) is 5.91 Å². The van der Waals surface area contributed by atoms with Gasteiger partial charge in [-0.1, -0.05) is 43.7 Å². The lowest BCUT2D eigenvalue weighted by molar-refractivity contribution is -0.121. The van der Waals surface area contributed by atoms with Crippen LogP contribution >= 0.6 is 0 Å². The Morgan fingerprint density at radius 1 is 1.35 bits per heavy atom. The molecular formula is C14H22N2O. The lowest BCUT2D eigenvalue weighted by Gasteiger charge is -2.16. The van der Waals surface area contributed by atoms with Crippen LogP contribution in [0, 0.1) is 0 Å². The predicted molar refractivity (Wildman–Crippen MR) is 70.8 cm³/mol. The van der Waals surface area contributed by atoms with Crippen molar-refractivity contribution in [1.29, 1.82) is 0 Å². The van der Waals surface area contributed by atoms with Gasteiger partial charge in [-0.05, 0) is 12.0 Å². The fraction of sp³-hybridized carbons (Fsp3) is 0.500. The van der Waals surface area contributed by atoms with Crippen molar-refractivity contribution in [2.45, 2.75) is 32.1 Å². The van der Waals surface area contributed by atoms with Gasteiger partial charge in [-0.2, -0.15) is 0 Å². The molecule has 17 heavy (non-hydrogen) atoms. The van der Waals surface area contributed by atoms with E-state index in [1.54, 1.807) is 0 Å². The summed E-state index contributed by atoms with van der Waals surface area (Å²) in [4.78, 5) is 11.5. The van der Waals surface area contributed by atoms with Crippen molar-refractivity contribution in [1.82, 2.24) is 5.32 Å². The van der Waals surface area contributed by atoms with E-state index in [0.717, 1.165) is 12.8 Å². The summed E-state index contributed by atoms with van der Waals surface area (Å²) in [5, 5.41) is 2.95. The van der Waals surface area contributed by atoms with E-state index in [1.165, 1.54) is 5.56 Å². The first-order chi connectivity index (χ1) is 8.27. The Kier molecular flexibility index (Phi) is 6.33. The summed E-state index contributed by atoms with van der Waals surface area (Å²) >= 11 is 0. The molecule has 3 N–H and O–H groups in total. The third-order valence-electron chi connectivity index (χ3n) is 2.86. The molecule has 0 aliphatic heterocycles. The number of nitrogens with two attached hydrogens (primary N) is 1. The highest BCUT2D eigenvalue weighted by molar-refractivity contribution is 5.75. The third kappa shape index (κ3) is 5.00. The van der Waals surface area contributed by atoms with E-state index in [4.69, 9.17) is 5.73 Å². The van der Waals surface area contributed by atoms with Crippen molar-refractivity contribution in [3.8, 4) is 0 Å². The predicted octanol–water partition coefficient (Wildman–Crippen LogP) is 2.04. The number of hydrogen-bond donors (Lipinski definition) is 2. The Bertz CT molecular complexity index is 324. The summed E-state index contributed by atoms with van der Waals surface area (Å²) in [5.41, 5.74) is 6.93. The van der Waals surface area contributed by atoms with Gasteiger partial charge in [-0.25, -0.2) is 0 Å². The lowest BCUT2D eigenvalue weighted by Crippen LogP contribution is -2.31. The van der Waals surface area contributed by atoms with Gasteiger partial charge in [0.25, 0.3) is 0 Å². The van der Waals surface area contributed by atoms with Gasteiger partial charge in [0.1, 0.15) is 0 Å². The zero-order valence-electron chi connectivity index (χ0n) is 10.5. The average molecular weight is 234 g/mol. The van der Waals surface area contributed by atoms with Crippen LogP contribution in [0.1, 0.15) is 37.7 Å². The summed E-state index contributed by atoms with van der Waals surface area (Å²) in [6, 6.07) is 10.1. The molecule has 0 spiro atoms. The summed E-state index contributed by atoms with van der Waals surface area (Å²) in [7, 11) is 0. The van der Waals surface area contributed by atoms with Crippen molar-refractivity contribution in [3.63, 3.8) is 0 Å². The molecule has 1 unspecified atom stereocenters. The molecule has 1 rings (SSSR count). The maximum atomic E-state index is 11.5. The minimum atomic E-state index is 0.126. The molecule has 1 aromatic carbocycles. The fourth-order valence-electron chi connectivity index (χ4n) is 1.73. The number of carbonyl (C=O) groups excluding carboxylic acids is 1. The lowest BCUT2D eigenvalue weighted by atomic mass is 9.99. The number of unbranched alkanes of at least 4 members (excludes halogenated alkanes) is 1. The molecule has 1 aromatic rings. The molecule has 94 valence electrons. The molecule has 0 saturated heterocycles. The van der Waals surface area contributed by atoms with Crippen LogP contribution in [0.5, 0.6) is 0 Å². The second kappa shape index (κ2) is 7.85. The van der Waals surface area contributed by atoms with Crippen LogP contribution in [-0.4, -0.2) is 19.0 Å². The molecule has 3 heteroatoms. The van der Waals surface area contributed by atoms with E-state index in [0.29, 0.717) is 19.5 Å². The zero-order valence-corrected chi connectivity index (χ0v) is 10.5. The number of benzene rings is 1. The molecule has 0 aromatic heterocycles. The van der Waals surface area contributed by atoms with Crippen molar-refractivity contribution in [2.24, 2.45) is 5.73 Å². The molecule has 0 aliphatic carbocycles. The molecule has 0 heterocycles. The van der Waals surface area contributed by atoms with E-state index in [1.807, 2.05) is 18.2 Å². The average Bonchev–Trinajstić information content (AvgIpc) is 2.38. The van der Waals surface area contributed by atoms with Crippen molar-refractivity contribution in [2.75, 3.05) is 13.1 Å². The molecule has 0 aliphatic rings. The van der Waals surface area contributed by atoms with Crippen LogP contribution in [0.15, 0.2) is 30.3 Å². The first-order valence-electron chi connectivity index (χ1n) is 6.29. The Morgan fingerprint density at radius 2 is 2.06 bits per heavy atom. The van der Waals surface area contributed by atoms with Gasteiger partial charge in [0, 0.05) is 25.4 Å². The number of nitrogens with one attached hydrogen (secondary N) is 1. The molecule has 0 saturated carbocycles. The molecule has 0 radical (unpaired) electrons. The second-order valence-electron chi connectivity index (χ2n) is 4.25. The van der Waals surface area contributed by atoms with Crippen LogP contribution in [0.2, 0.25) is 0 Å². The molecule has 1 atom stereocenters. The molecule has 1 amide bonds. The first-order valence-corrected chi connectivity index (χ1v) is 6.29. The number of carbonyl (C=O) groups is 1. The Hall–Kier alpha value is -1.35. The second-order valence-corrected chi connectivity index (χ2v) is 4.25. The van der Waals surface area contributed by atoms with Gasteiger partial charge in [-0.3, -0.25) is 4.79 Å². The molecule has 0 bridgehead atoms. The van der Waals surface area contributed by atoms with Crippen LogP contribution in [0.3, 0.4) is 0 Å². The van der Waals surface area contributed by atoms with Gasteiger partial charge in [0.05, 0.1) is 0 Å². The molecular weight excluding hydrogens is 212 g/mol. The monoisotopic (exact) mass is 234 g/mol. The maximum Gasteiger partial charge on any atom is 0.220 e. The van der Waals surface area contributed by atoms with E-state index in [9.17, 15) is 4.79 Å². The Balaban J connectivity index is 2.40. The van der Waals surface area contributed by atoms with Crippen LogP contribution in [0.25, 0.3) is 0 Å². The number of rotatable bonds is 7. The summed E-state index contributed by atoms with van der Waals surface area (Å²) in [6.07, 6.45) is 2.61. The van der Waals surface area contributed by atoms with Gasteiger partial charge >= 0.3 is 0 Å². The highest BCUT2D eigenvalue weighted by Crippen LogP contribution is 2.12. The van der Waals surface area contributed by atoms with Crippen LogP contribution < -0.4 is 11.1 Å². The van der Waals surface area contributed by atoms with E-state index in [2.05, 4.69) is 24.4 Å². The van der Waals surface area contributed by atoms with Crippen LogP contribution in [0.4, 0.5) is 0 Å². The number of hydrogen-bond acceptors (Lipinski definition) is 2. The SMILES string of the molecule is CCCCC(=O)NCC(CN)c1ccccc1. The topological polar surface area (TPSA) is 55.1 Å². The first kappa shape index (κ1) is 13.7. The van der Waals surface area contributed by atoms with Gasteiger partial charge in [0.15, 0.2) is 0 Å². The molecule has 0 fully saturated rings. The summed E-state index contributed by atoms with van der Waals surface area (Å²) < 4.78 is 0. The van der Waals surface area contributed by atoms with Gasteiger partial charge < -0.3 is 11.1 Å². The van der Waals surface area contributed by atoms with E-state index in [-0.39, 0.29) is 11.8 Å². The summed E-state index contributed by atoms with van der Waals surface area (Å²) in [5.74, 6) is 0.336. The highest BCUT2D eigenvalue weighted by atomic mass is 16.1. The number of amides is 1. The fourth-order valence-corrected chi connectivity index (χ4v) is 1.73. The third-order valence-corrected chi connectivity index (χ3v) is 2.86. The van der Waals surface area contributed by atoms with E-state index < -0.39 is 0 Å². The van der Waals surface area contributed by atoms with Crippen molar-refractivity contribution in [3.05, 3.63) is 35.9 Å². The molecule has 3 nitrogen and oxygen atoms in total. The van der Waals surface area contributed by atoms with Gasteiger partial charge in [-0.15, -0.1) is 0 Å². The highest BCUT2D eigenvalue weighted by Gasteiger charge is 2.10. The van der Waals surface area contributed by atoms with Crippen LogP contribution in [-0.2, 0) is 4.79 Å². The minimum absolute atomic E-state index is 0.126. The summed E-state index contributed by atoms with van der Waals surface area (Å²) in [6.45, 7) is 3.26. The largest absolute Gasteiger partial charge is 0.355 e. The van der Waals surface area contributed by atoms with Crippen molar-refractivity contribution < 1.29 is 4.79 Å². The zero-order chi connectivity index (χ0) is 12.5. The smallest absolute Gasteiger partial charge is 0.220 e. The normalized spacial score (nSPS) is 12.1. The van der Waals surface area contributed by atoms with E-state index >= 15 is 0 Å². The van der Waals surface area contributed by atoms with Crippen molar-refractivity contribution >= 4 is 5.91 Å². The standard InChI is InChI=1S/C14H22N2O/c1-2-3-9-14(17)16-11-13(10-15)12-7-5-4-6-8-12/h4-8,13H,2-3,9-11,15H2,1H3,(H,16,17).